The van der Waals surface area contributed by atoms with Crippen molar-refractivity contribution in [2.45, 2.75) is 45.8 Å². The maximum atomic E-state index is 11.6. The van der Waals surface area contributed by atoms with Crippen molar-refractivity contribution in [3.05, 3.63) is 0 Å². The van der Waals surface area contributed by atoms with E-state index in [-0.39, 0.29) is 23.5 Å². The summed E-state index contributed by atoms with van der Waals surface area (Å²) in [6.07, 6.45) is 0.889. The second-order valence-corrected chi connectivity index (χ2v) is 4.82. The predicted molar refractivity (Wildman–Crippen MR) is 54.6 cm³/mol. The van der Waals surface area contributed by atoms with Gasteiger partial charge in [-0.3, -0.25) is 9.63 Å². The van der Waals surface area contributed by atoms with Crippen LogP contribution in [0, 0.1) is 5.92 Å². The normalized spacial score (nSPS) is 27.7. The molecule has 1 fully saturated rings. The zero-order valence-corrected chi connectivity index (χ0v) is 9.39. The molecule has 0 aromatic carbocycles. The molecule has 1 aliphatic heterocycles. The van der Waals surface area contributed by atoms with Crippen LogP contribution in [0.3, 0.4) is 0 Å². The van der Waals surface area contributed by atoms with E-state index in [9.17, 15) is 4.79 Å². The van der Waals surface area contributed by atoms with Crippen LogP contribution in [0.25, 0.3) is 0 Å². The molecule has 2 unspecified atom stereocenters. The Morgan fingerprint density at radius 3 is 2.57 bits per heavy atom. The minimum Gasteiger partial charge on any atom is -0.313 e. The third-order valence-corrected chi connectivity index (χ3v) is 2.32. The number of carbonyl (C=O) groups excluding carboxylic acids is 1. The molecule has 14 heavy (non-hydrogen) atoms. The monoisotopic (exact) mass is 200 g/mol. The van der Waals surface area contributed by atoms with Crippen LogP contribution in [-0.2, 0) is 9.63 Å². The average molecular weight is 200 g/mol. The van der Waals surface area contributed by atoms with E-state index >= 15 is 0 Å². The molecule has 0 aromatic rings. The predicted octanol–water partition coefficient (Wildman–Crippen LogP) is 0.831. The standard InChI is InChI=1S/C10H20N2O2/c1-7-8(5-6-11-7)9(13)12-14-10(2,3)4/h7-8,11H,5-6H2,1-4H3,(H,12,13). The topological polar surface area (TPSA) is 50.4 Å². The van der Waals surface area contributed by atoms with Gasteiger partial charge in [0.2, 0.25) is 5.91 Å². The largest absolute Gasteiger partial charge is 0.313 e. The number of hydrogen-bond donors (Lipinski definition) is 2. The van der Waals surface area contributed by atoms with Crippen LogP contribution < -0.4 is 10.8 Å². The summed E-state index contributed by atoms with van der Waals surface area (Å²) in [4.78, 5) is 16.9. The van der Waals surface area contributed by atoms with Crippen molar-refractivity contribution in [3.8, 4) is 0 Å². The molecule has 1 amide bonds. The Bertz CT molecular complexity index is 211. The second kappa shape index (κ2) is 4.28. The van der Waals surface area contributed by atoms with E-state index in [1.54, 1.807) is 0 Å². The highest BCUT2D eigenvalue weighted by atomic mass is 16.7. The lowest BCUT2D eigenvalue weighted by atomic mass is 10.0. The fourth-order valence-corrected chi connectivity index (χ4v) is 1.50. The van der Waals surface area contributed by atoms with Gasteiger partial charge in [-0.1, -0.05) is 0 Å². The van der Waals surface area contributed by atoms with Crippen molar-refractivity contribution >= 4 is 5.91 Å². The molecule has 0 aromatic heterocycles. The van der Waals surface area contributed by atoms with Gasteiger partial charge in [0.25, 0.3) is 0 Å². The molecule has 4 nitrogen and oxygen atoms in total. The van der Waals surface area contributed by atoms with Gasteiger partial charge in [0.1, 0.15) is 0 Å². The molecular weight excluding hydrogens is 180 g/mol. The first-order valence-corrected chi connectivity index (χ1v) is 5.11. The van der Waals surface area contributed by atoms with Gasteiger partial charge in [0, 0.05) is 6.04 Å². The zero-order chi connectivity index (χ0) is 10.8. The lowest BCUT2D eigenvalue weighted by Gasteiger charge is -2.21. The summed E-state index contributed by atoms with van der Waals surface area (Å²) in [6.45, 7) is 8.65. The van der Waals surface area contributed by atoms with Crippen molar-refractivity contribution < 1.29 is 9.63 Å². The van der Waals surface area contributed by atoms with E-state index in [0.717, 1.165) is 13.0 Å². The van der Waals surface area contributed by atoms with Crippen LogP contribution >= 0.6 is 0 Å². The van der Waals surface area contributed by atoms with Gasteiger partial charge in [-0.05, 0) is 40.7 Å². The molecule has 0 radical (unpaired) electrons. The molecule has 1 heterocycles. The number of carbonyl (C=O) groups is 1. The van der Waals surface area contributed by atoms with Crippen LogP contribution in [0.1, 0.15) is 34.1 Å². The maximum absolute atomic E-state index is 11.6. The van der Waals surface area contributed by atoms with Crippen LogP contribution in [0.2, 0.25) is 0 Å². The molecule has 2 atom stereocenters. The minimum atomic E-state index is -0.328. The lowest BCUT2D eigenvalue weighted by Crippen LogP contribution is -2.40. The number of hydroxylamine groups is 1. The van der Waals surface area contributed by atoms with Crippen LogP contribution in [0.15, 0.2) is 0 Å². The van der Waals surface area contributed by atoms with E-state index in [1.165, 1.54) is 0 Å². The summed E-state index contributed by atoms with van der Waals surface area (Å²) >= 11 is 0. The summed E-state index contributed by atoms with van der Waals surface area (Å²) in [5, 5.41) is 3.23. The highest BCUT2D eigenvalue weighted by Gasteiger charge is 2.30. The number of rotatable bonds is 2. The molecule has 1 rings (SSSR count). The fraction of sp³-hybridized carbons (Fsp3) is 0.900. The molecule has 0 bridgehead atoms. The lowest BCUT2D eigenvalue weighted by molar-refractivity contribution is -0.149. The molecule has 0 saturated carbocycles. The quantitative estimate of drug-likeness (QED) is 0.649. The Balaban J connectivity index is 2.35. The second-order valence-electron chi connectivity index (χ2n) is 4.82. The molecule has 0 aliphatic carbocycles. The SMILES string of the molecule is CC1NCCC1C(=O)NOC(C)(C)C. The van der Waals surface area contributed by atoms with Gasteiger partial charge in [0.05, 0.1) is 11.5 Å². The van der Waals surface area contributed by atoms with Crippen LogP contribution in [0.4, 0.5) is 0 Å². The zero-order valence-electron chi connectivity index (χ0n) is 9.39. The molecule has 4 heteroatoms. The summed E-state index contributed by atoms with van der Waals surface area (Å²) < 4.78 is 0. The molecule has 1 saturated heterocycles. The Labute approximate surface area is 85.3 Å². The number of amides is 1. The van der Waals surface area contributed by atoms with Gasteiger partial charge in [0.15, 0.2) is 0 Å². The average Bonchev–Trinajstić information content (AvgIpc) is 2.46. The highest BCUT2D eigenvalue weighted by Crippen LogP contribution is 2.15. The minimum absolute atomic E-state index is 0.0163. The Kier molecular flexibility index (Phi) is 3.50. The van der Waals surface area contributed by atoms with Crippen LogP contribution in [-0.4, -0.2) is 24.1 Å². The number of nitrogens with one attached hydrogen (secondary N) is 2. The first kappa shape index (κ1) is 11.5. The molecule has 1 aliphatic rings. The first-order valence-electron chi connectivity index (χ1n) is 5.11. The summed E-state index contributed by atoms with van der Waals surface area (Å²) in [6, 6.07) is 0.249. The van der Waals surface area contributed by atoms with E-state index < -0.39 is 0 Å². The van der Waals surface area contributed by atoms with E-state index in [1.807, 2.05) is 27.7 Å². The van der Waals surface area contributed by atoms with Gasteiger partial charge < -0.3 is 5.32 Å². The van der Waals surface area contributed by atoms with Crippen molar-refractivity contribution in [3.63, 3.8) is 0 Å². The smallest absolute Gasteiger partial charge is 0.248 e. The molecule has 82 valence electrons. The Morgan fingerprint density at radius 1 is 1.50 bits per heavy atom. The van der Waals surface area contributed by atoms with Gasteiger partial charge in [-0.15, -0.1) is 0 Å². The molecular formula is C10H20N2O2. The van der Waals surface area contributed by atoms with E-state index in [2.05, 4.69) is 10.8 Å². The first-order chi connectivity index (χ1) is 6.40. The molecule has 2 N–H and O–H groups in total. The van der Waals surface area contributed by atoms with Gasteiger partial charge in [-0.2, -0.15) is 0 Å². The Morgan fingerprint density at radius 2 is 2.14 bits per heavy atom. The third-order valence-electron chi connectivity index (χ3n) is 2.32. The summed E-state index contributed by atoms with van der Waals surface area (Å²) in [7, 11) is 0. The van der Waals surface area contributed by atoms with Crippen molar-refractivity contribution in [1.29, 1.82) is 0 Å². The summed E-state index contributed by atoms with van der Waals surface area (Å²) in [5.74, 6) is 0.0229. The van der Waals surface area contributed by atoms with E-state index in [4.69, 9.17) is 4.84 Å². The van der Waals surface area contributed by atoms with E-state index in [0.29, 0.717) is 0 Å². The van der Waals surface area contributed by atoms with Gasteiger partial charge in [-0.25, -0.2) is 5.48 Å². The van der Waals surface area contributed by atoms with Gasteiger partial charge >= 0.3 is 0 Å². The maximum Gasteiger partial charge on any atom is 0.248 e. The summed E-state index contributed by atoms with van der Waals surface area (Å²) in [5.41, 5.74) is 2.19. The van der Waals surface area contributed by atoms with Crippen molar-refractivity contribution in [2.24, 2.45) is 5.92 Å². The fourth-order valence-electron chi connectivity index (χ4n) is 1.50. The Hall–Kier alpha value is -0.610. The highest BCUT2D eigenvalue weighted by molar-refractivity contribution is 5.78. The third kappa shape index (κ3) is 3.27. The van der Waals surface area contributed by atoms with Crippen molar-refractivity contribution in [1.82, 2.24) is 10.8 Å². The number of hydrogen-bond acceptors (Lipinski definition) is 3. The van der Waals surface area contributed by atoms with Crippen LogP contribution in [0.5, 0.6) is 0 Å². The van der Waals surface area contributed by atoms with Crippen molar-refractivity contribution in [2.75, 3.05) is 6.54 Å². The molecule has 0 spiro atoms.